The van der Waals surface area contributed by atoms with Crippen molar-refractivity contribution in [2.45, 2.75) is 31.4 Å². The lowest BCUT2D eigenvalue weighted by molar-refractivity contribution is 0.102. The van der Waals surface area contributed by atoms with Gasteiger partial charge in [0, 0.05) is 12.6 Å². The Morgan fingerprint density at radius 3 is 2.48 bits per heavy atom. The molecular weight excluding hydrogens is 394 g/mol. The van der Waals surface area contributed by atoms with Crippen molar-refractivity contribution in [2.24, 2.45) is 7.05 Å². The van der Waals surface area contributed by atoms with E-state index in [0.29, 0.717) is 5.89 Å². The Labute approximate surface area is 170 Å². The van der Waals surface area contributed by atoms with E-state index in [1.807, 2.05) is 24.3 Å². The first-order valence-corrected chi connectivity index (χ1v) is 9.75. The molecule has 0 unspecified atom stereocenters. The number of nitrogens with zero attached hydrogens (tertiary/aromatic N) is 3. The monoisotopic (exact) mass is 415 g/mol. The van der Waals surface area contributed by atoms with Gasteiger partial charge in [-0.2, -0.15) is 0 Å². The Morgan fingerprint density at radius 1 is 1.21 bits per heavy atom. The number of carbonyl (C=O) groups is 1. The van der Waals surface area contributed by atoms with E-state index in [-0.39, 0.29) is 27.8 Å². The van der Waals surface area contributed by atoms with Gasteiger partial charge in [-0.1, -0.05) is 44.7 Å². The Hall–Kier alpha value is -3.14. The minimum atomic E-state index is -0.818. The summed E-state index contributed by atoms with van der Waals surface area (Å²) in [6, 6.07) is 7.81. The summed E-state index contributed by atoms with van der Waals surface area (Å²) in [5.41, 5.74) is 5.95. The van der Waals surface area contributed by atoms with Crippen LogP contribution in [0.1, 0.15) is 36.7 Å². The predicted octanol–water partition coefficient (Wildman–Crippen LogP) is 1.98. The summed E-state index contributed by atoms with van der Waals surface area (Å²) in [6.07, 6.45) is 0. The molecule has 0 fully saturated rings. The van der Waals surface area contributed by atoms with E-state index >= 15 is 0 Å². The third-order valence-corrected chi connectivity index (χ3v) is 5.20. The second kappa shape index (κ2) is 7.70. The number of aromatic amines is 1. The number of hydrogen-bond acceptors (Lipinski definition) is 8. The summed E-state index contributed by atoms with van der Waals surface area (Å²) in [5.74, 6) is -0.538. The van der Waals surface area contributed by atoms with Crippen molar-refractivity contribution in [3.63, 3.8) is 0 Å². The zero-order valence-electron chi connectivity index (χ0n) is 16.5. The van der Waals surface area contributed by atoms with Gasteiger partial charge in [0.05, 0.1) is 5.75 Å². The van der Waals surface area contributed by atoms with Crippen LogP contribution in [0.3, 0.4) is 0 Å². The predicted molar refractivity (Wildman–Crippen MR) is 110 cm³/mol. The lowest BCUT2D eigenvalue weighted by atomic mass is 9.87. The van der Waals surface area contributed by atoms with Crippen LogP contribution in [0, 0.1) is 0 Å². The number of anilines is 1. The van der Waals surface area contributed by atoms with Crippen LogP contribution in [-0.4, -0.2) is 31.3 Å². The van der Waals surface area contributed by atoms with E-state index in [4.69, 9.17) is 10.2 Å². The Bertz CT molecular complexity index is 1170. The van der Waals surface area contributed by atoms with Crippen molar-refractivity contribution in [1.82, 2.24) is 19.7 Å². The van der Waals surface area contributed by atoms with E-state index in [2.05, 4.69) is 36.0 Å². The smallest absolute Gasteiger partial charge is 0.329 e. The van der Waals surface area contributed by atoms with Gasteiger partial charge in [0.2, 0.25) is 5.89 Å². The number of nitrogen functional groups attached to an aromatic ring is 1. The maximum absolute atomic E-state index is 12.4. The fourth-order valence-corrected chi connectivity index (χ4v) is 3.24. The molecule has 2 heterocycles. The van der Waals surface area contributed by atoms with Crippen LogP contribution < -0.4 is 17.0 Å². The normalized spacial score (nSPS) is 11.6. The summed E-state index contributed by atoms with van der Waals surface area (Å²) >= 11 is 0.988. The van der Waals surface area contributed by atoms with Crippen LogP contribution in [0.5, 0.6) is 0 Å². The summed E-state index contributed by atoms with van der Waals surface area (Å²) < 4.78 is 6.61. The second-order valence-corrected chi connectivity index (χ2v) is 8.42. The second-order valence-electron chi connectivity index (χ2n) is 7.49. The van der Waals surface area contributed by atoms with E-state index in [9.17, 15) is 14.4 Å². The van der Waals surface area contributed by atoms with Gasteiger partial charge in [0.15, 0.2) is 5.78 Å². The number of Topliss-reactive ketones (excluding diaryl/α,β-unsaturated/α-hetero) is 1. The summed E-state index contributed by atoms with van der Waals surface area (Å²) in [5, 5.41) is 8.12. The number of H-pyrrole nitrogens is 1. The Morgan fingerprint density at radius 2 is 1.86 bits per heavy atom. The standard InChI is InChI=1S/C19H21N5O4S/c1-19(2,3)11-7-5-10(6-8-11)16-22-23-18(28-16)29-9-12(25)13-14(20)24(4)17(27)21-15(13)26/h5-8H,9,20H2,1-4H3,(H,21,26,27). The van der Waals surface area contributed by atoms with Gasteiger partial charge in [-0.15, -0.1) is 10.2 Å². The number of ketones is 1. The van der Waals surface area contributed by atoms with Gasteiger partial charge in [-0.05, 0) is 23.1 Å². The highest BCUT2D eigenvalue weighted by molar-refractivity contribution is 7.99. The van der Waals surface area contributed by atoms with E-state index in [0.717, 1.165) is 21.9 Å². The molecule has 0 bridgehead atoms. The van der Waals surface area contributed by atoms with Crippen LogP contribution in [0.25, 0.3) is 11.5 Å². The zero-order chi connectivity index (χ0) is 21.3. The van der Waals surface area contributed by atoms with Gasteiger partial charge in [-0.25, -0.2) is 4.79 Å². The molecule has 3 aromatic rings. The maximum atomic E-state index is 12.4. The number of hydrogen-bond donors (Lipinski definition) is 2. The average molecular weight is 415 g/mol. The highest BCUT2D eigenvalue weighted by Gasteiger charge is 2.20. The van der Waals surface area contributed by atoms with Gasteiger partial charge in [0.25, 0.3) is 10.8 Å². The van der Waals surface area contributed by atoms with Gasteiger partial charge < -0.3 is 10.2 Å². The van der Waals surface area contributed by atoms with E-state index in [1.54, 1.807) is 0 Å². The zero-order valence-corrected chi connectivity index (χ0v) is 17.3. The van der Waals surface area contributed by atoms with Crippen LogP contribution in [0.4, 0.5) is 5.82 Å². The molecule has 0 saturated carbocycles. The molecule has 3 N–H and O–H groups in total. The maximum Gasteiger partial charge on any atom is 0.329 e. The molecule has 2 aromatic heterocycles. The minimum Gasteiger partial charge on any atom is -0.411 e. The third-order valence-electron chi connectivity index (χ3n) is 4.38. The number of rotatable bonds is 5. The molecule has 0 spiro atoms. The van der Waals surface area contributed by atoms with E-state index in [1.165, 1.54) is 12.6 Å². The van der Waals surface area contributed by atoms with Crippen molar-refractivity contribution in [3.8, 4) is 11.5 Å². The van der Waals surface area contributed by atoms with Crippen molar-refractivity contribution in [1.29, 1.82) is 0 Å². The largest absolute Gasteiger partial charge is 0.411 e. The average Bonchev–Trinajstić information content (AvgIpc) is 3.13. The van der Waals surface area contributed by atoms with Crippen LogP contribution >= 0.6 is 11.8 Å². The molecular formula is C19H21N5O4S. The molecule has 0 amide bonds. The van der Waals surface area contributed by atoms with Crippen LogP contribution in [0.15, 0.2) is 43.5 Å². The van der Waals surface area contributed by atoms with Crippen LogP contribution in [0.2, 0.25) is 0 Å². The number of aromatic nitrogens is 4. The Kier molecular flexibility index (Phi) is 5.47. The molecule has 10 heteroatoms. The first-order valence-electron chi connectivity index (χ1n) is 8.77. The van der Waals surface area contributed by atoms with Crippen molar-refractivity contribution < 1.29 is 9.21 Å². The van der Waals surface area contributed by atoms with Crippen molar-refractivity contribution in [2.75, 3.05) is 11.5 Å². The number of nitrogens with one attached hydrogen (secondary N) is 1. The Balaban J connectivity index is 1.73. The van der Waals surface area contributed by atoms with E-state index < -0.39 is 17.0 Å². The molecule has 0 aliphatic carbocycles. The highest BCUT2D eigenvalue weighted by atomic mass is 32.2. The van der Waals surface area contributed by atoms with Gasteiger partial charge >= 0.3 is 5.69 Å². The molecule has 1 aromatic carbocycles. The number of thioether (sulfide) groups is 1. The minimum absolute atomic E-state index is 0.0371. The molecule has 29 heavy (non-hydrogen) atoms. The third kappa shape index (κ3) is 4.32. The highest BCUT2D eigenvalue weighted by Crippen LogP contribution is 2.27. The summed E-state index contributed by atoms with van der Waals surface area (Å²) in [4.78, 5) is 37.9. The molecule has 0 aliphatic heterocycles. The summed E-state index contributed by atoms with van der Waals surface area (Å²) in [7, 11) is 1.37. The topological polar surface area (TPSA) is 137 Å². The van der Waals surface area contributed by atoms with Crippen molar-refractivity contribution >= 4 is 23.4 Å². The lowest BCUT2D eigenvalue weighted by Crippen LogP contribution is -2.35. The molecule has 0 atom stereocenters. The van der Waals surface area contributed by atoms with Crippen LogP contribution in [-0.2, 0) is 12.5 Å². The number of carbonyl (C=O) groups excluding carboxylic acids is 1. The fourth-order valence-electron chi connectivity index (χ4n) is 2.60. The number of nitrogens with two attached hydrogens (primary N) is 1. The quantitative estimate of drug-likeness (QED) is 0.477. The number of benzene rings is 1. The molecule has 0 aliphatic rings. The first kappa shape index (κ1) is 20.6. The molecule has 152 valence electrons. The van der Waals surface area contributed by atoms with Gasteiger partial charge in [0.1, 0.15) is 11.4 Å². The molecule has 0 saturated heterocycles. The molecule has 0 radical (unpaired) electrons. The lowest BCUT2D eigenvalue weighted by Gasteiger charge is -2.18. The SMILES string of the molecule is Cn1c(N)c(C(=O)CSc2nnc(-c3ccc(C(C)(C)C)cc3)o2)c(=O)[nH]c1=O. The van der Waals surface area contributed by atoms with Crippen molar-refractivity contribution in [3.05, 3.63) is 56.2 Å². The van der Waals surface area contributed by atoms with Gasteiger partial charge in [-0.3, -0.25) is 19.1 Å². The molecule has 9 nitrogen and oxygen atoms in total. The first-order chi connectivity index (χ1) is 13.6. The summed E-state index contributed by atoms with van der Waals surface area (Å²) in [6.45, 7) is 6.38. The fraction of sp³-hybridized carbons (Fsp3) is 0.316. The molecule has 3 rings (SSSR count).